The van der Waals surface area contributed by atoms with Gasteiger partial charge in [-0.25, -0.2) is 4.68 Å². The molecule has 3 aromatic rings. The van der Waals surface area contributed by atoms with Crippen LogP contribution in [0.5, 0.6) is 5.75 Å². The van der Waals surface area contributed by atoms with E-state index in [0.29, 0.717) is 11.7 Å². The molecule has 0 saturated heterocycles. The topological polar surface area (TPSA) is 99.2 Å². The molecule has 1 aliphatic carbocycles. The van der Waals surface area contributed by atoms with Crippen molar-refractivity contribution in [1.82, 2.24) is 9.78 Å². The molecule has 3 N–H and O–H groups in total. The van der Waals surface area contributed by atoms with E-state index in [1.165, 1.54) is 12.8 Å². The third-order valence-electron chi connectivity index (χ3n) is 5.28. The molecule has 2 amide bonds. The van der Waals surface area contributed by atoms with Gasteiger partial charge in [0.2, 0.25) is 0 Å². The highest BCUT2D eigenvalue weighted by Crippen LogP contribution is 2.35. The second-order valence-electron chi connectivity index (χ2n) is 7.38. The fourth-order valence-corrected chi connectivity index (χ4v) is 3.79. The van der Waals surface area contributed by atoms with Crippen LogP contribution in [0.25, 0.3) is 5.69 Å². The summed E-state index contributed by atoms with van der Waals surface area (Å²) in [6.45, 7) is -0.247. The summed E-state index contributed by atoms with van der Waals surface area (Å²) >= 11 is 0. The number of para-hydroxylation sites is 2. The van der Waals surface area contributed by atoms with Crippen LogP contribution < -0.4 is 15.8 Å². The number of hydrogen-bond acceptors (Lipinski definition) is 4. The maximum Gasteiger partial charge on any atom is 0.263 e. The van der Waals surface area contributed by atoms with Crippen molar-refractivity contribution in [2.45, 2.75) is 31.6 Å². The van der Waals surface area contributed by atoms with Crippen molar-refractivity contribution in [3.63, 3.8) is 0 Å². The van der Waals surface area contributed by atoms with E-state index in [2.05, 4.69) is 5.32 Å². The summed E-state index contributed by atoms with van der Waals surface area (Å²) in [5.41, 5.74) is 7.46. The maximum atomic E-state index is 12.6. The number of nitrogens with one attached hydrogen (secondary N) is 1. The molecule has 0 aliphatic heterocycles. The summed E-state index contributed by atoms with van der Waals surface area (Å²) in [7, 11) is 0. The van der Waals surface area contributed by atoms with Gasteiger partial charge in [0.25, 0.3) is 11.8 Å². The number of amides is 2. The van der Waals surface area contributed by atoms with Gasteiger partial charge in [-0.3, -0.25) is 9.59 Å². The highest BCUT2D eigenvalue weighted by atomic mass is 16.5. The van der Waals surface area contributed by atoms with Crippen molar-refractivity contribution < 1.29 is 14.3 Å². The summed E-state index contributed by atoms with van der Waals surface area (Å²) in [4.78, 5) is 24.1. The lowest BCUT2D eigenvalue weighted by Crippen LogP contribution is -2.23. The lowest BCUT2D eigenvalue weighted by atomic mass is 10.0. The average molecular weight is 404 g/mol. The predicted octanol–water partition coefficient (Wildman–Crippen LogP) is 3.65. The Bertz CT molecular complexity index is 1040. The molecule has 30 heavy (non-hydrogen) atoms. The van der Waals surface area contributed by atoms with Crippen LogP contribution in [-0.2, 0) is 4.79 Å². The smallest absolute Gasteiger partial charge is 0.263 e. The summed E-state index contributed by atoms with van der Waals surface area (Å²) in [5, 5.41) is 7.66. The van der Waals surface area contributed by atoms with Gasteiger partial charge in [0.05, 0.1) is 16.9 Å². The van der Waals surface area contributed by atoms with E-state index in [1.807, 2.05) is 36.4 Å². The number of carbonyl (C=O) groups excluding carboxylic acids is 2. The second-order valence-corrected chi connectivity index (χ2v) is 7.38. The van der Waals surface area contributed by atoms with Gasteiger partial charge in [-0.05, 0) is 37.1 Å². The molecule has 0 unspecified atom stereocenters. The molecule has 2 aromatic carbocycles. The average Bonchev–Trinajstić information content (AvgIpc) is 3.43. The molecule has 1 aromatic heterocycles. The van der Waals surface area contributed by atoms with Gasteiger partial charge >= 0.3 is 0 Å². The number of nitrogens with two attached hydrogens (primary N) is 1. The van der Waals surface area contributed by atoms with E-state index in [-0.39, 0.29) is 23.8 Å². The van der Waals surface area contributed by atoms with Gasteiger partial charge in [-0.1, -0.05) is 43.2 Å². The Hall–Kier alpha value is -3.61. The van der Waals surface area contributed by atoms with Gasteiger partial charge in [0, 0.05) is 12.0 Å². The largest absolute Gasteiger partial charge is 0.483 e. The summed E-state index contributed by atoms with van der Waals surface area (Å²) in [6.07, 6.45) is 4.65. The third kappa shape index (κ3) is 4.35. The molecule has 0 radical (unpaired) electrons. The number of hydrogen-bond donors (Lipinski definition) is 2. The predicted molar refractivity (Wildman–Crippen MR) is 114 cm³/mol. The lowest BCUT2D eigenvalue weighted by molar-refractivity contribution is -0.118. The molecule has 1 fully saturated rings. The van der Waals surface area contributed by atoms with Crippen molar-refractivity contribution in [3.05, 3.63) is 71.9 Å². The number of primary amides is 1. The Kier molecular flexibility index (Phi) is 5.79. The van der Waals surface area contributed by atoms with E-state index in [0.717, 1.165) is 24.2 Å². The number of aromatic nitrogens is 2. The summed E-state index contributed by atoms with van der Waals surface area (Å²) in [5.74, 6) is 0.353. The zero-order valence-electron chi connectivity index (χ0n) is 16.6. The Morgan fingerprint density at radius 1 is 1.07 bits per heavy atom. The molecule has 1 aliphatic rings. The number of carbonyl (C=O) groups is 2. The standard InChI is InChI=1S/C23H24N4O3/c24-23(29)18-12-6-7-13-20(18)30-15-22(28)25-21-14-19(16-8-4-5-9-16)26-27(21)17-10-2-1-3-11-17/h1-3,6-7,10-14,16H,4-5,8-9,15H2,(H2,24,29)(H,25,28). The Balaban J connectivity index is 1.52. The zero-order valence-corrected chi connectivity index (χ0v) is 16.6. The van der Waals surface area contributed by atoms with E-state index in [9.17, 15) is 9.59 Å². The minimum Gasteiger partial charge on any atom is -0.483 e. The number of benzene rings is 2. The lowest BCUT2D eigenvalue weighted by Gasteiger charge is -2.11. The molecule has 0 bridgehead atoms. The first-order valence-electron chi connectivity index (χ1n) is 10.1. The molecule has 0 spiro atoms. The van der Waals surface area contributed by atoms with Crippen molar-refractivity contribution in [2.24, 2.45) is 5.73 Å². The van der Waals surface area contributed by atoms with Gasteiger partial charge < -0.3 is 15.8 Å². The molecule has 7 heteroatoms. The molecule has 4 rings (SSSR count). The van der Waals surface area contributed by atoms with E-state index >= 15 is 0 Å². The highest BCUT2D eigenvalue weighted by Gasteiger charge is 2.22. The third-order valence-corrected chi connectivity index (χ3v) is 5.28. The number of rotatable bonds is 7. The fraction of sp³-hybridized carbons (Fsp3) is 0.261. The van der Waals surface area contributed by atoms with Crippen molar-refractivity contribution in [2.75, 3.05) is 11.9 Å². The molecule has 1 heterocycles. The van der Waals surface area contributed by atoms with Gasteiger partial charge in [0.1, 0.15) is 11.6 Å². The van der Waals surface area contributed by atoms with Gasteiger partial charge in [-0.2, -0.15) is 5.10 Å². The van der Waals surface area contributed by atoms with E-state index in [4.69, 9.17) is 15.6 Å². The molecular weight excluding hydrogens is 380 g/mol. The van der Waals surface area contributed by atoms with Crippen LogP contribution in [0.2, 0.25) is 0 Å². The first-order valence-corrected chi connectivity index (χ1v) is 10.1. The number of nitrogens with zero attached hydrogens (tertiary/aromatic N) is 2. The Morgan fingerprint density at radius 3 is 2.50 bits per heavy atom. The van der Waals surface area contributed by atoms with Crippen LogP contribution in [0.1, 0.15) is 47.7 Å². The summed E-state index contributed by atoms with van der Waals surface area (Å²) in [6, 6.07) is 18.2. The maximum absolute atomic E-state index is 12.6. The number of ether oxygens (including phenoxy) is 1. The minimum absolute atomic E-state index is 0.239. The Morgan fingerprint density at radius 2 is 1.77 bits per heavy atom. The van der Waals surface area contributed by atoms with Gasteiger partial charge in [-0.15, -0.1) is 0 Å². The first-order chi connectivity index (χ1) is 14.6. The molecule has 154 valence electrons. The normalized spacial score (nSPS) is 13.9. The van der Waals surface area contributed by atoms with Crippen LogP contribution in [0.4, 0.5) is 5.82 Å². The monoisotopic (exact) mass is 404 g/mol. The van der Waals surface area contributed by atoms with E-state index < -0.39 is 5.91 Å². The molecular formula is C23H24N4O3. The van der Waals surface area contributed by atoms with Crippen LogP contribution in [0, 0.1) is 0 Å². The van der Waals surface area contributed by atoms with Crippen LogP contribution in [0.3, 0.4) is 0 Å². The van der Waals surface area contributed by atoms with Crippen molar-refractivity contribution in [1.29, 1.82) is 0 Å². The highest BCUT2D eigenvalue weighted by molar-refractivity contribution is 5.96. The van der Waals surface area contributed by atoms with Gasteiger partial charge in [0.15, 0.2) is 6.61 Å². The van der Waals surface area contributed by atoms with Crippen LogP contribution in [-0.4, -0.2) is 28.2 Å². The summed E-state index contributed by atoms with van der Waals surface area (Å²) < 4.78 is 7.29. The Labute approximate surface area is 174 Å². The van der Waals surface area contributed by atoms with Crippen molar-refractivity contribution in [3.8, 4) is 11.4 Å². The van der Waals surface area contributed by atoms with Crippen LogP contribution in [0.15, 0.2) is 60.7 Å². The SMILES string of the molecule is NC(=O)c1ccccc1OCC(=O)Nc1cc(C2CCCC2)nn1-c1ccccc1. The molecule has 7 nitrogen and oxygen atoms in total. The molecule has 1 saturated carbocycles. The quantitative estimate of drug-likeness (QED) is 0.628. The zero-order chi connectivity index (χ0) is 20.9. The fourth-order valence-electron chi connectivity index (χ4n) is 3.79. The van der Waals surface area contributed by atoms with Crippen LogP contribution >= 0.6 is 0 Å². The van der Waals surface area contributed by atoms with E-state index in [1.54, 1.807) is 28.9 Å². The second kappa shape index (κ2) is 8.82. The minimum atomic E-state index is -0.602. The molecule has 0 atom stereocenters. The number of anilines is 1. The first kappa shape index (κ1) is 19.7. The van der Waals surface area contributed by atoms with Crippen molar-refractivity contribution >= 4 is 17.6 Å².